The van der Waals surface area contributed by atoms with Crippen LogP contribution in [0.4, 0.5) is 0 Å². The predicted octanol–water partition coefficient (Wildman–Crippen LogP) is 2.27. The van der Waals surface area contributed by atoms with E-state index in [4.69, 9.17) is 5.73 Å². The number of nitrogens with two attached hydrogens (primary N) is 1. The van der Waals surface area contributed by atoms with Gasteiger partial charge < -0.3 is 11.1 Å². The fourth-order valence-electron chi connectivity index (χ4n) is 3.08. The second kappa shape index (κ2) is 4.81. The summed E-state index contributed by atoms with van der Waals surface area (Å²) in [5.74, 6) is 0. The van der Waals surface area contributed by atoms with E-state index in [1.807, 2.05) is 0 Å². The van der Waals surface area contributed by atoms with Gasteiger partial charge in [-0.2, -0.15) is 0 Å². The van der Waals surface area contributed by atoms with Crippen LogP contribution in [0.15, 0.2) is 0 Å². The Bertz CT molecular complexity index is 169. The van der Waals surface area contributed by atoms with Gasteiger partial charge in [0.25, 0.3) is 0 Å². The van der Waals surface area contributed by atoms with E-state index in [9.17, 15) is 0 Å². The Morgan fingerprint density at radius 1 is 1.07 bits per heavy atom. The first kappa shape index (κ1) is 14.9. The Morgan fingerprint density at radius 3 is 1.86 bits per heavy atom. The predicted molar refractivity (Wildman–Crippen MR) is 71.6 cm³/mol. The molecule has 2 unspecified atom stereocenters. The highest BCUT2D eigenvalue weighted by Gasteiger charge is 2.49. The lowest BCUT2D eigenvalue weighted by Crippen LogP contribution is -2.64. The molecule has 0 radical (unpaired) electrons. The molecule has 4 heteroatoms. The zero-order valence-electron chi connectivity index (χ0n) is 9.01. The Labute approximate surface area is 108 Å². The molecule has 2 rings (SSSR count). The molecular weight excluding hydrogens is 308 g/mol. The minimum atomic E-state index is 0. The second-order valence-corrected chi connectivity index (χ2v) is 5.24. The van der Waals surface area contributed by atoms with Crippen LogP contribution < -0.4 is 11.1 Å². The van der Waals surface area contributed by atoms with E-state index in [1.165, 1.54) is 19.3 Å². The van der Waals surface area contributed by atoms with Crippen molar-refractivity contribution in [2.75, 3.05) is 13.1 Å². The fourth-order valence-corrected chi connectivity index (χ4v) is 3.08. The summed E-state index contributed by atoms with van der Waals surface area (Å²) in [7, 11) is 0. The van der Waals surface area contributed by atoms with E-state index in [2.05, 4.69) is 19.2 Å². The first-order valence-corrected chi connectivity index (χ1v) is 5.03. The number of hydrogen-bond acceptors (Lipinski definition) is 2. The molecule has 2 atom stereocenters. The zero-order chi connectivity index (χ0) is 8.82. The van der Waals surface area contributed by atoms with Crippen LogP contribution in [0.1, 0.15) is 33.1 Å². The fraction of sp³-hybridized carbons (Fsp3) is 1.00. The minimum absolute atomic E-state index is 0. The summed E-state index contributed by atoms with van der Waals surface area (Å²) in [4.78, 5) is 0. The average molecular weight is 330 g/mol. The lowest BCUT2D eigenvalue weighted by Gasteiger charge is -2.54. The summed E-state index contributed by atoms with van der Waals surface area (Å²) < 4.78 is 0. The summed E-state index contributed by atoms with van der Waals surface area (Å²) in [6.45, 7) is 6.90. The normalized spacial score (nSPS) is 46.1. The molecule has 0 aromatic carbocycles. The van der Waals surface area contributed by atoms with Crippen molar-refractivity contribution in [2.45, 2.75) is 39.2 Å². The summed E-state index contributed by atoms with van der Waals surface area (Å²) in [6, 6.07) is 0.403. The molecule has 1 aliphatic heterocycles. The summed E-state index contributed by atoms with van der Waals surface area (Å²) in [5, 5.41) is 3.52. The lowest BCUT2D eigenvalue weighted by molar-refractivity contribution is 0.0124. The lowest BCUT2D eigenvalue weighted by atomic mass is 9.58. The molecule has 1 saturated carbocycles. The van der Waals surface area contributed by atoms with Gasteiger partial charge >= 0.3 is 0 Å². The molecule has 0 aromatic heterocycles. The van der Waals surface area contributed by atoms with Crippen LogP contribution in [0.2, 0.25) is 0 Å². The molecule has 2 fully saturated rings. The van der Waals surface area contributed by atoms with Crippen molar-refractivity contribution in [3.8, 4) is 0 Å². The Balaban J connectivity index is 0.000000845. The van der Waals surface area contributed by atoms with Gasteiger partial charge in [-0.25, -0.2) is 0 Å². The van der Waals surface area contributed by atoms with Crippen molar-refractivity contribution >= 4 is 34.0 Å². The van der Waals surface area contributed by atoms with Crippen molar-refractivity contribution in [3.63, 3.8) is 0 Å². The summed E-state index contributed by atoms with van der Waals surface area (Å²) in [6.07, 6.45) is 3.97. The summed E-state index contributed by atoms with van der Waals surface area (Å²) >= 11 is 0. The van der Waals surface area contributed by atoms with E-state index < -0.39 is 0 Å². The molecule has 3 N–H and O–H groups in total. The van der Waals surface area contributed by atoms with Crippen molar-refractivity contribution in [3.05, 3.63) is 0 Å². The van der Waals surface area contributed by atoms with Gasteiger partial charge in [0.1, 0.15) is 0 Å². The van der Waals surface area contributed by atoms with Gasteiger partial charge in [-0.15, -0.1) is 34.0 Å². The molecular formula is C10H22Br2N2. The maximum atomic E-state index is 6.31. The zero-order valence-corrected chi connectivity index (χ0v) is 12.4. The van der Waals surface area contributed by atoms with E-state index in [1.54, 1.807) is 0 Å². The van der Waals surface area contributed by atoms with E-state index >= 15 is 0 Å². The highest BCUT2D eigenvalue weighted by Crippen LogP contribution is 2.46. The molecule has 14 heavy (non-hydrogen) atoms. The largest absolute Gasteiger partial charge is 0.327 e. The van der Waals surface area contributed by atoms with Crippen molar-refractivity contribution < 1.29 is 0 Å². The van der Waals surface area contributed by atoms with Crippen LogP contribution >= 0.6 is 34.0 Å². The van der Waals surface area contributed by atoms with E-state index in [0.29, 0.717) is 16.9 Å². The average Bonchev–Trinajstić information content (AvgIpc) is 1.97. The number of halogens is 2. The molecule has 2 nitrogen and oxygen atoms in total. The van der Waals surface area contributed by atoms with Crippen LogP contribution in [0.3, 0.4) is 0 Å². The molecule has 1 heterocycles. The monoisotopic (exact) mass is 328 g/mol. The van der Waals surface area contributed by atoms with Gasteiger partial charge in [-0.1, -0.05) is 20.3 Å². The molecule has 2 bridgehead atoms. The van der Waals surface area contributed by atoms with Crippen LogP contribution in [0.25, 0.3) is 0 Å². The quantitative estimate of drug-likeness (QED) is 0.715. The molecule has 0 aromatic rings. The van der Waals surface area contributed by atoms with E-state index in [-0.39, 0.29) is 34.0 Å². The molecule has 1 saturated heterocycles. The first-order valence-electron chi connectivity index (χ1n) is 5.03. The number of rotatable bonds is 0. The Morgan fingerprint density at radius 2 is 1.50 bits per heavy atom. The van der Waals surface area contributed by atoms with Gasteiger partial charge in [0.2, 0.25) is 0 Å². The molecule has 86 valence electrons. The highest BCUT2D eigenvalue weighted by molar-refractivity contribution is 8.93. The second-order valence-electron chi connectivity index (χ2n) is 5.24. The van der Waals surface area contributed by atoms with Crippen LogP contribution in [-0.2, 0) is 0 Å². The van der Waals surface area contributed by atoms with Gasteiger partial charge in [0.05, 0.1) is 0 Å². The molecule has 2 aliphatic rings. The summed E-state index contributed by atoms with van der Waals surface area (Å²) in [5.41, 5.74) is 7.05. The number of nitrogens with one attached hydrogen (secondary N) is 1. The van der Waals surface area contributed by atoms with Gasteiger partial charge in [-0.05, 0) is 23.7 Å². The van der Waals surface area contributed by atoms with Crippen LogP contribution in [-0.4, -0.2) is 19.1 Å². The topological polar surface area (TPSA) is 38.0 Å². The number of fused-ring (bicyclic) bond motifs is 2. The standard InChI is InChI=1S/C10H20N2.2BrH/c1-9-4-3-5-10(2,8(9)11)7-12-6-9;;/h8,12H,3-7,11H2,1-2H3;2*1H. The third-order valence-corrected chi connectivity index (χ3v) is 4.06. The van der Waals surface area contributed by atoms with Crippen LogP contribution in [0.5, 0.6) is 0 Å². The van der Waals surface area contributed by atoms with Crippen LogP contribution in [0, 0.1) is 10.8 Å². The van der Waals surface area contributed by atoms with Crippen molar-refractivity contribution in [2.24, 2.45) is 16.6 Å². The number of piperidine rings is 1. The van der Waals surface area contributed by atoms with Gasteiger partial charge in [0, 0.05) is 19.1 Å². The smallest absolute Gasteiger partial charge is 0.0171 e. The highest BCUT2D eigenvalue weighted by atomic mass is 79.9. The van der Waals surface area contributed by atoms with Crippen molar-refractivity contribution in [1.29, 1.82) is 0 Å². The first-order chi connectivity index (χ1) is 5.57. The van der Waals surface area contributed by atoms with Gasteiger partial charge in [0.15, 0.2) is 0 Å². The Hall–Kier alpha value is 0.880. The van der Waals surface area contributed by atoms with E-state index in [0.717, 1.165) is 13.1 Å². The van der Waals surface area contributed by atoms with Gasteiger partial charge in [-0.3, -0.25) is 0 Å². The molecule has 0 spiro atoms. The Kier molecular flexibility index (Phi) is 5.11. The third-order valence-electron chi connectivity index (χ3n) is 4.06. The maximum Gasteiger partial charge on any atom is 0.0171 e. The minimum Gasteiger partial charge on any atom is -0.327 e. The molecule has 0 amide bonds. The third kappa shape index (κ3) is 2.18. The van der Waals surface area contributed by atoms with Crippen molar-refractivity contribution in [1.82, 2.24) is 5.32 Å². The number of hydrogen-bond donors (Lipinski definition) is 2. The SMILES string of the molecule is Br.Br.CC12CCCC(C)(CNC1)C2N. The molecule has 1 aliphatic carbocycles. The maximum absolute atomic E-state index is 6.31.